The molecule has 22 heavy (non-hydrogen) atoms. The van der Waals surface area contributed by atoms with E-state index in [0.717, 1.165) is 29.6 Å². The normalized spacial score (nSPS) is 54.2. The summed E-state index contributed by atoms with van der Waals surface area (Å²) < 4.78 is 0. The second kappa shape index (κ2) is 5.36. The molecule has 0 saturated heterocycles. The lowest BCUT2D eigenvalue weighted by atomic mass is 9.44. The Hall–Kier alpha value is -0.300. The SMILES string of the molecule is C=C[C@H]1CC[C@H]2[C@@H]3CCC4CCCC[C@]4(CO)[C@H]3CC[C@]12C. The van der Waals surface area contributed by atoms with Gasteiger partial charge in [-0.05, 0) is 91.8 Å². The second-order valence-corrected chi connectivity index (χ2v) is 9.25. The fourth-order valence-corrected chi connectivity index (χ4v) is 7.81. The molecule has 124 valence electrons. The van der Waals surface area contributed by atoms with Gasteiger partial charge in [-0.15, -0.1) is 6.58 Å². The molecular weight excluding hydrogens is 268 g/mol. The highest BCUT2D eigenvalue weighted by Crippen LogP contribution is 2.67. The summed E-state index contributed by atoms with van der Waals surface area (Å²) >= 11 is 0. The van der Waals surface area contributed by atoms with E-state index in [1.54, 1.807) is 0 Å². The van der Waals surface area contributed by atoms with Crippen LogP contribution in [0.4, 0.5) is 0 Å². The monoisotopic (exact) mass is 302 g/mol. The van der Waals surface area contributed by atoms with Gasteiger partial charge in [-0.3, -0.25) is 0 Å². The second-order valence-electron chi connectivity index (χ2n) is 9.25. The molecule has 4 aliphatic rings. The first kappa shape index (κ1) is 15.2. The first-order valence-electron chi connectivity index (χ1n) is 9.89. The topological polar surface area (TPSA) is 20.2 Å². The van der Waals surface area contributed by atoms with Gasteiger partial charge in [-0.1, -0.05) is 25.8 Å². The zero-order valence-corrected chi connectivity index (χ0v) is 14.4. The number of allylic oxidation sites excluding steroid dienone is 1. The molecule has 0 aromatic carbocycles. The summed E-state index contributed by atoms with van der Waals surface area (Å²) in [4.78, 5) is 0. The zero-order valence-electron chi connectivity index (χ0n) is 14.4. The minimum atomic E-state index is 0.300. The summed E-state index contributed by atoms with van der Waals surface area (Å²) in [5, 5.41) is 10.4. The molecule has 1 N–H and O–H groups in total. The van der Waals surface area contributed by atoms with Gasteiger partial charge in [-0.2, -0.15) is 0 Å². The van der Waals surface area contributed by atoms with Crippen molar-refractivity contribution in [2.24, 2.45) is 40.4 Å². The number of rotatable bonds is 2. The van der Waals surface area contributed by atoms with Crippen LogP contribution in [0.25, 0.3) is 0 Å². The third-order valence-corrected chi connectivity index (χ3v) is 8.93. The summed E-state index contributed by atoms with van der Waals surface area (Å²) in [7, 11) is 0. The predicted molar refractivity (Wildman–Crippen MR) is 91.4 cm³/mol. The van der Waals surface area contributed by atoms with Crippen molar-refractivity contribution in [1.29, 1.82) is 0 Å². The van der Waals surface area contributed by atoms with E-state index in [0.29, 0.717) is 17.4 Å². The third kappa shape index (κ3) is 1.87. The minimum absolute atomic E-state index is 0.300. The molecule has 1 nitrogen and oxygen atoms in total. The Morgan fingerprint density at radius 1 is 1.00 bits per heavy atom. The zero-order chi connectivity index (χ0) is 15.4. The molecule has 4 saturated carbocycles. The molecule has 0 amide bonds. The average molecular weight is 303 g/mol. The molecule has 4 aliphatic carbocycles. The van der Waals surface area contributed by atoms with Gasteiger partial charge >= 0.3 is 0 Å². The van der Waals surface area contributed by atoms with Crippen LogP contribution >= 0.6 is 0 Å². The fraction of sp³-hybridized carbons (Fsp3) is 0.905. The molecule has 0 spiro atoms. The molecule has 1 heteroatoms. The molecule has 7 atom stereocenters. The largest absolute Gasteiger partial charge is 0.396 e. The minimum Gasteiger partial charge on any atom is -0.396 e. The van der Waals surface area contributed by atoms with Crippen molar-refractivity contribution in [1.82, 2.24) is 0 Å². The molecule has 0 radical (unpaired) electrons. The highest BCUT2D eigenvalue weighted by Gasteiger charge is 2.60. The van der Waals surface area contributed by atoms with Crippen molar-refractivity contribution in [3.63, 3.8) is 0 Å². The van der Waals surface area contributed by atoms with E-state index in [9.17, 15) is 5.11 Å². The van der Waals surface area contributed by atoms with Gasteiger partial charge < -0.3 is 5.11 Å². The Morgan fingerprint density at radius 3 is 2.64 bits per heavy atom. The van der Waals surface area contributed by atoms with Gasteiger partial charge in [0.05, 0.1) is 0 Å². The summed E-state index contributed by atoms with van der Waals surface area (Å²) in [6, 6.07) is 0. The fourth-order valence-electron chi connectivity index (χ4n) is 7.81. The van der Waals surface area contributed by atoms with E-state index in [-0.39, 0.29) is 0 Å². The highest BCUT2D eigenvalue weighted by molar-refractivity contribution is 5.11. The first-order valence-corrected chi connectivity index (χ1v) is 9.89. The number of aliphatic hydroxyl groups excluding tert-OH is 1. The summed E-state index contributed by atoms with van der Waals surface area (Å²) in [6.07, 6.45) is 16.1. The smallest absolute Gasteiger partial charge is 0.0492 e. The lowest BCUT2D eigenvalue weighted by Crippen LogP contribution is -2.55. The quantitative estimate of drug-likeness (QED) is 0.696. The summed E-state index contributed by atoms with van der Waals surface area (Å²) in [5.41, 5.74) is 0.815. The van der Waals surface area contributed by atoms with Crippen molar-refractivity contribution in [2.75, 3.05) is 6.61 Å². The summed E-state index contributed by atoms with van der Waals surface area (Å²) in [5.74, 6) is 4.19. The van der Waals surface area contributed by atoms with E-state index < -0.39 is 0 Å². The molecular formula is C21H34O. The van der Waals surface area contributed by atoms with Gasteiger partial charge in [-0.25, -0.2) is 0 Å². The molecule has 0 heterocycles. The molecule has 0 aromatic heterocycles. The maximum Gasteiger partial charge on any atom is 0.0492 e. The van der Waals surface area contributed by atoms with Gasteiger partial charge in [0.15, 0.2) is 0 Å². The van der Waals surface area contributed by atoms with Crippen molar-refractivity contribution in [3.8, 4) is 0 Å². The maximum atomic E-state index is 10.4. The van der Waals surface area contributed by atoms with E-state index in [4.69, 9.17) is 0 Å². The van der Waals surface area contributed by atoms with Crippen LogP contribution in [0.2, 0.25) is 0 Å². The van der Waals surface area contributed by atoms with Crippen molar-refractivity contribution in [3.05, 3.63) is 12.7 Å². The third-order valence-electron chi connectivity index (χ3n) is 8.93. The Labute approximate surface area is 136 Å². The molecule has 0 aliphatic heterocycles. The number of hydrogen-bond donors (Lipinski definition) is 1. The lowest BCUT2D eigenvalue weighted by Gasteiger charge is -2.61. The van der Waals surface area contributed by atoms with Crippen LogP contribution in [0.3, 0.4) is 0 Å². The predicted octanol–water partition coefficient (Wildman–Crippen LogP) is 5.19. The van der Waals surface area contributed by atoms with Gasteiger partial charge in [0, 0.05) is 6.61 Å². The first-order chi connectivity index (χ1) is 10.7. The molecule has 0 aromatic rings. The molecule has 0 bridgehead atoms. The maximum absolute atomic E-state index is 10.4. The van der Waals surface area contributed by atoms with Crippen LogP contribution in [0.5, 0.6) is 0 Å². The van der Waals surface area contributed by atoms with Crippen LogP contribution in [0.15, 0.2) is 12.7 Å². The van der Waals surface area contributed by atoms with Crippen molar-refractivity contribution < 1.29 is 5.11 Å². The van der Waals surface area contributed by atoms with Crippen LogP contribution < -0.4 is 0 Å². The van der Waals surface area contributed by atoms with E-state index in [2.05, 4.69) is 19.6 Å². The van der Waals surface area contributed by atoms with Gasteiger partial charge in [0.25, 0.3) is 0 Å². The standard InChI is InChI=1S/C21H34O/c1-3-15-8-10-18-17-9-7-16-6-4-5-12-21(16,14-22)19(17)11-13-20(15,18)2/h3,15-19,22H,1,4-14H2,2H3/t15-,16?,17-,18-,19-,20+,21+/m0/s1. The molecule has 4 fully saturated rings. The highest BCUT2D eigenvalue weighted by atomic mass is 16.3. The number of hydrogen-bond acceptors (Lipinski definition) is 1. The van der Waals surface area contributed by atoms with Gasteiger partial charge in [0.2, 0.25) is 0 Å². The van der Waals surface area contributed by atoms with E-state index >= 15 is 0 Å². The Morgan fingerprint density at radius 2 is 1.86 bits per heavy atom. The summed E-state index contributed by atoms with van der Waals surface area (Å²) in [6.45, 7) is 7.17. The van der Waals surface area contributed by atoms with Crippen LogP contribution in [-0.2, 0) is 0 Å². The van der Waals surface area contributed by atoms with Gasteiger partial charge in [0.1, 0.15) is 0 Å². The van der Waals surface area contributed by atoms with Crippen molar-refractivity contribution in [2.45, 2.75) is 71.1 Å². The van der Waals surface area contributed by atoms with E-state index in [1.165, 1.54) is 64.2 Å². The Balaban J connectivity index is 1.66. The number of aliphatic hydroxyl groups is 1. The Kier molecular flexibility index (Phi) is 3.72. The average Bonchev–Trinajstić information content (AvgIpc) is 2.90. The Bertz CT molecular complexity index is 443. The van der Waals surface area contributed by atoms with Crippen LogP contribution in [0, 0.1) is 40.4 Å². The van der Waals surface area contributed by atoms with Crippen LogP contribution in [0.1, 0.15) is 71.1 Å². The lowest BCUT2D eigenvalue weighted by molar-refractivity contribution is -0.137. The van der Waals surface area contributed by atoms with Crippen LogP contribution in [-0.4, -0.2) is 11.7 Å². The number of fused-ring (bicyclic) bond motifs is 5. The molecule has 1 unspecified atom stereocenters. The van der Waals surface area contributed by atoms with E-state index in [1.807, 2.05) is 0 Å². The van der Waals surface area contributed by atoms with Crippen molar-refractivity contribution >= 4 is 0 Å². The molecule has 4 rings (SSSR count).